The molecule has 0 radical (unpaired) electrons. The molecular formula is C34H35BrF3N3O5. The van der Waals surface area contributed by atoms with Crippen molar-refractivity contribution in [2.45, 2.75) is 77.3 Å². The van der Waals surface area contributed by atoms with Crippen LogP contribution in [-0.2, 0) is 14.4 Å². The Kier molecular flexibility index (Phi) is 8.11. The maximum Gasteiger partial charge on any atom is 0.573 e. The molecule has 0 spiro atoms. The molecule has 1 saturated heterocycles. The average molecular weight is 703 g/mol. The molecule has 1 saturated carbocycles. The number of aromatic nitrogens is 1. The summed E-state index contributed by atoms with van der Waals surface area (Å²) in [6.07, 6.45) is -1.12. The molecule has 4 aliphatic rings. The molecular weight excluding hydrogens is 667 g/mol. The number of carbonyl (C=O) groups excluding carboxylic acids is 2. The van der Waals surface area contributed by atoms with Gasteiger partial charge in [0, 0.05) is 27.5 Å². The van der Waals surface area contributed by atoms with Gasteiger partial charge in [-0.25, -0.2) is 10.0 Å². The van der Waals surface area contributed by atoms with Gasteiger partial charge in [0.1, 0.15) is 11.4 Å². The van der Waals surface area contributed by atoms with E-state index in [0.29, 0.717) is 72.3 Å². The Hall–Kier alpha value is -3.64. The van der Waals surface area contributed by atoms with Crippen LogP contribution in [0.5, 0.6) is 5.75 Å². The second-order valence-corrected chi connectivity index (χ2v) is 14.1. The Morgan fingerprint density at radius 1 is 1.07 bits per heavy atom. The first kappa shape index (κ1) is 32.3. The smallest absolute Gasteiger partial charge is 0.459 e. The fraction of sp³-hybridized carbons (Fsp3) is 0.441. The standard InChI is InChI=1S/C34H35BrF3N3O5/c1-20-27(23-18-21(35)10-11-25(23)39-28(20)41-16-7-17-44-41)29(42)40-33-14-12-32(13-15-33,30(43)46-31(2,3)4)19-24(33)22-8-5-6-9-26(22)45-34(36,37)38/h5-6,8-11,18-19H,7,12-17H2,1-4H3,(H,40,42). The monoisotopic (exact) mass is 701 g/mol. The van der Waals surface area contributed by atoms with Crippen molar-refractivity contribution in [2.75, 3.05) is 18.2 Å². The molecule has 1 amide bonds. The molecule has 0 atom stereocenters. The number of benzene rings is 2. The summed E-state index contributed by atoms with van der Waals surface area (Å²) in [5, 5.41) is 5.56. The number of alkyl halides is 3. The molecule has 1 aromatic heterocycles. The van der Waals surface area contributed by atoms with E-state index in [0.717, 1.165) is 10.9 Å². The fourth-order valence-electron chi connectivity index (χ4n) is 6.77. The Labute approximate surface area is 273 Å². The third-order valence-electron chi connectivity index (χ3n) is 8.87. The van der Waals surface area contributed by atoms with E-state index in [-0.39, 0.29) is 5.56 Å². The minimum absolute atomic E-state index is 0.151. The van der Waals surface area contributed by atoms with Gasteiger partial charge in [-0.2, -0.15) is 0 Å². The highest BCUT2D eigenvalue weighted by Gasteiger charge is 2.55. The van der Waals surface area contributed by atoms with Gasteiger partial charge in [0.25, 0.3) is 5.91 Å². The highest BCUT2D eigenvalue weighted by Crippen LogP contribution is 2.56. The zero-order valence-corrected chi connectivity index (χ0v) is 27.6. The lowest BCUT2D eigenvalue weighted by atomic mass is 9.57. The summed E-state index contributed by atoms with van der Waals surface area (Å²) in [4.78, 5) is 38.8. The number of pyridine rings is 1. The zero-order chi connectivity index (χ0) is 33.1. The van der Waals surface area contributed by atoms with E-state index in [1.807, 2.05) is 25.1 Å². The lowest BCUT2D eigenvalue weighted by Crippen LogP contribution is -2.58. The van der Waals surface area contributed by atoms with E-state index in [4.69, 9.17) is 14.6 Å². The van der Waals surface area contributed by atoms with E-state index in [2.05, 4.69) is 26.0 Å². The normalized spacial score (nSPS) is 23.0. The number of ether oxygens (including phenoxy) is 2. The number of para-hydroxylation sites is 1. The van der Waals surface area contributed by atoms with Gasteiger partial charge in [-0.3, -0.25) is 14.4 Å². The molecule has 2 heterocycles. The number of nitrogens with zero attached hydrogens (tertiary/aromatic N) is 2. The van der Waals surface area contributed by atoms with E-state index in [9.17, 15) is 22.8 Å². The molecule has 46 heavy (non-hydrogen) atoms. The highest BCUT2D eigenvalue weighted by atomic mass is 79.9. The van der Waals surface area contributed by atoms with Crippen molar-refractivity contribution in [2.24, 2.45) is 5.41 Å². The molecule has 3 aliphatic carbocycles. The van der Waals surface area contributed by atoms with Crippen LogP contribution in [0.25, 0.3) is 16.5 Å². The SMILES string of the molecule is Cc1c(N2CCCO2)nc2ccc(Br)cc2c1C(=O)NC12CCC(C(=O)OC(C)(C)C)(C=C1c1ccccc1OC(F)(F)F)CC2. The maximum atomic E-state index is 14.6. The summed E-state index contributed by atoms with van der Waals surface area (Å²) in [6.45, 7) is 8.30. The Balaban J connectivity index is 1.48. The molecule has 1 N–H and O–H groups in total. The number of hydrogen-bond donors (Lipinski definition) is 1. The lowest BCUT2D eigenvalue weighted by molar-refractivity contribution is -0.274. The number of hydrogen-bond acceptors (Lipinski definition) is 7. The number of esters is 1. The third-order valence-corrected chi connectivity index (χ3v) is 9.37. The fourth-order valence-corrected chi connectivity index (χ4v) is 7.13. The van der Waals surface area contributed by atoms with Gasteiger partial charge < -0.3 is 14.8 Å². The van der Waals surface area contributed by atoms with Crippen LogP contribution in [-0.4, -0.2) is 47.5 Å². The number of hydroxylamine groups is 1. The molecule has 0 unspecified atom stereocenters. The third kappa shape index (κ3) is 6.09. The second-order valence-electron chi connectivity index (χ2n) is 13.2. The van der Waals surface area contributed by atoms with Crippen LogP contribution in [0.15, 0.2) is 53.0 Å². The molecule has 12 heteroatoms. The first-order chi connectivity index (χ1) is 21.6. The van der Waals surface area contributed by atoms with Crippen molar-refractivity contribution >= 4 is 50.1 Å². The van der Waals surface area contributed by atoms with Crippen LogP contribution in [0.1, 0.15) is 74.4 Å². The second kappa shape index (κ2) is 11.6. The van der Waals surface area contributed by atoms with Crippen molar-refractivity contribution in [1.29, 1.82) is 0 Å². The van der Waals surface area contributed by atoms with Crippen LogP contribution < -0.4 is 15.1 Å². The number of fused-ring (bicyclic) bond motifs is 3. The van der Waals surface area contributed by atoms with Gasteiger partial charge in [0.05, 0.1) is 28.6 Å². The van der Waals surface area contributed by atoms with Crippen molar-refractivity contribution in [3.8, 4) is 5.75 Å². The van der Waals surface area contributed by atoms with Crippen LogP contribution in [0, 0.1) is 12.3 Å². The molecule has 3 aromatic rings. The summed E-state index contributed by atoms with van der Waals surface area (Å²) in [5.74, 6) is -0.728. The Bertz CT molecular complexity index is 1740. The topological polar surface area (TPSA) is 90.0 Å². The predicted octanol–water partition coefficient (Wildman–Crippen LogP) is 7.81. The van der Waals surface area contributed by atoms with Gasteiger partial charge in [-0.05, 0) is 89.6 Å². The van der Waals surface area contributed by atoms with Gasteiger partial charge in [-0.15, -0.1) is 13.2 Å². The summed E-state index contributed by atoms with van der Waals surface area (Å²) in [6, 6.07) is 11.3. The Morgan fingerprint density at radius 3 is 2.43 bits per heavy atom. The minimum atomic E-state index is -4.95. The average Bonchev–Trinajstić information content (AvgIpc) is 3.51. The number of halogens is 4. The molecule has 2 aromatic carbocycles. The minimum Gasteiger partial charge on any atom is -0.459 e. The molecule has 2 fully saturated rings. The molecule has 244 valence electrons. The van der Waals surface area contributed by atoms with E-state index in [1.165, 1.54) is 18.2 Å². The number of anilines is 1. The van der Waals surface area contributed by atoms with Crippen LogP contribution in [0.4, 0.5) is 19.0 Å². The first-order valence-electron chi connectivity index (χ1n) is 15.2. The largest absolute Gasteiger partial charge is 0.573 e. The zero-order valence-electron chi connectivity index (χ0n) is 26.0. The lowest BCUT2D eigenvalue weighted by Gasteiger charge is -2.52. The van der Waals surface area contributed by atoms with Crippen molar-refractivity contribution < 1.29 is 37.1 Å². The van der Waals surface area contributed by atoms with Gasteiger partial charge in [0.15, 0.2) is 5.82 Å². The maximum absolute atomic E-state index is 14.6. The van der Waals surface area contributed by atoms with Crippen LogP contribution in [0.2, 0.25) is 0 Å². The van der Waals surface area contributed by atoms with Crippen molar-refractivity contribution in [3.05, 3.63) is 69.7 Å². The molecule has 2 bridgehead atoms. The van der Waals surface area contributed by atoms with Crippen molar-refractivity contribution in [1.82, 2.24) is 10.3 Å². The first-order valence-corrected chi connectivity index (χ1v) is 16.0. The van der Waals surface area contributed by atoms with Crippen LogP contribution >= 0.6 is 15.9 Å². The van der Waals surface area contributed by atoms with Crippen molar-refractivity contribution in [3.63, 3.8) is 0 Å². The van der Waals surface area contributed by atoms with Gasteiger partial charge in [-0.1, -0.05) is 40.2 Å². The number of rotatable bonds is 6. The van der Waals surface area contributed by atoms with Gasteiger partial charge >= 0.3 is 12.3 Å². The van der Waals surface area contributed by atoms with E-state index in [1.54, 1.807) is 38.0 Å². The number of amides is 1. The highest BCUT2D eigenvalue weighted by molar-refractivity contribution is 9.10. The van der Waals surface area contributed by atoms with Gasteiger partial charge in [0.2, 0.25) is 0 Å². The summed E-state index contributed by atoms with van der Waals surface area (Å²) >= 11 is 3.51. The summed E-state index contributed by atoms with van der Waals surface area (Å²) < 4.78 is 51.7. The molecule has 7 rings (SSSR count). The van der Waals surface area contributed by atoms with Crippen LogP contribution in [0.3, 0.4) is 0 Å². The summed E-state index contributed by atoms with van der Waals surface area (Å²) in [7, 11) is 0. The number of nitrogens with one attached hydrogen (secondary N) is 1. The van der Waals surface area contributed by atoms with E-state index < -0.39 is 40.5 Å². The predicted molar refractivity (Wildman–Crippen MR) is 170 cm³/mol. The van der Waals surface area contributed by atoms with E-state index >= 15 is 0 Å². The Morgan fingerprint density at radius 2 is 1.78 bits per heavy atom. The molecule has 1 aliphatic heterocycles. The summed E-state index contributed by atoms with van der Waals surface area (Å²) in [5.41, 5.74) is -0.778. The molecule has 8 nitrogen and oxygen atoms in total. The quantitative estimate of drug-likeness (QED) is 0.262. The number of carbonyl (C=O) groups is 2.